The Labute approximate surface area is 144 Å². The van der Waals surface area contributed by atoms with Crippen molar-refractivity contribution in [1.82, 2.24) is 9.80 Å². The van der Waals surface area contributed by atoms with Gasteiger partial charge in [0.25, 0.3) is 0 Å². The average molecular weight is 322 g/mol. The molecule has 1 fully saturated rings. The van der Waals surface area contributed by atoms with Crippen LogP contribution in [0.4, 0.5) is 0 Å². The van der Waals surface area contributed by atoms with E-state index in [-0.39, 0.29) is 11.8 Å². The van der Waals surface area contributed by atoms with Crippen LogP contribution >= 0.6 is 0 Å². The van der Waals surface area contributed by atoms with Gasteiger partial charge >= 0.3 is 0 Å². The Morgan fingerprint density at radius 2 is 1.50 bits per heavy atom. The van der Waals surface area contributed by atoms with Gasteiger partial charge in [0.1, 0.15) is 5.41 Å². The van der Waals surface area contributed by atoms with E-state index >= 15 is 0 Å². The zero-order chi connectivity index (χ0) is 17.2. The van der Waals surface area contributed by atoms with E-state index in [2.05, 4.69) is 36.2 Å². The molecule has 1 amide bonds. The fraction of sp³-hybridized carbons (Fsp3) is 0.381. The van der Waals surface area contributed by atoms with Crippen LogP contribution in [0, 0.1) is 5.92 Å². The summed E-state index contributed by atoms with van der Waals surface area (Å²) in [7, 11) is 5.87. The van der Waals surface area contributed by atoms with Crippen molar-refractivity contribution in [1.29, 1.82) is 0 Å². The van der Waals surface area contributed by atoms with E-state index in [1.165, 1.54) is 0 Å². The number of likely N-dealkylation sites (tertiary alicyclic amines) is 1. The molecular formula is C21H26N2O. The number of carbonyl (C=O) groups is 1. The number of carbonyl (C=O) groups excluding carboxylic acids is 1. The molecular weight excluding hydrogens is 296 g/mol. The summed E-state index contributed by atoms with van der Waals surface area (Å²) in [5.41, 5.74) is 1.56. The Balaban J connectivity index is 2.26. The molecule has 0 aromatic heterocycles. The molecule has 0 N–H and O–H groups in total. The van der Waals surface area contributed by atoms with Gasteiger partial charge in [0.2, 0.25) is 5.91 Å². The Morgan fingerprint density at radius 3 is 1.88 bits per heavy atom. The van der Waals surface area contributed by atoms with Crippen molar-refractivity contribution in [3.05, 3.63) is 71.8 Å². The van der Waals surface area contributed by atoms with Gasteiger partial charge < -0.3 is 9.80 Å². The predicted octanol–water partition coefficient (Wildman–Crippen LogP) is 3.01. The Bertz CT molecular complexity index is 642. The average Bonchev–Trinajstić information content (AvgIpc) is 3.04. The first-order valence-corrected chi connectivity index (χ1v) is 8.58. The van der Waals surface area contributed by atoms with Crippen LogP contribution in [0.15, 0.2) is 60.7 Å². The molecule has 126 valence electrons. The predicted molar refractivity (Wildman–Crippen MR) is 98.0 cm³/mol. The molecule has 3 heteroatoms. The molecule has 0 bridgehead atoms. The van der Waals surface area contributed by atoms with Crippen LogP contribution in [0.25, 0.3) is 0 Å². The van der Waals surface area contributed by atoms with E-state index in [0.717, 1.165) is 30.6 Å². The second kappa shape index (κ2) is 6.78. The van der Waals surface area contributed by atoms with Crippen molar-refractivity contribution >= 4 is 5.91 Å². The van der Waals surface area contributed by atoms with E-state index in [1.807, 2.05) is 50.5 Å². The Kier molecular flexibility index (Phi) is 4.72. The molecule has 0 aliphatic carbocycles. The van der Waals surface area contributed by atoms with Gasteiger partial charge in [0.05, 0.1) is 0 Å². The third kappa shape index (κ3) is 2.73. The Morgan fingerprint density at radius 1 is 1.00 bits per heavy atom. The van der Waals surface area contributed by atoms with Crippen molar-refractivity contribution in [2.24, 2.45) is 5.92 Å². The molecule has 2 aromatic carbocycles. The van der Waals surface area contributed by atoms with E-state index in [9.17, 15) is 4.79 Å². The molecule has 3 nitrogen and oxygen atoms in total. The summed E-state index contributed by atoms with van der Waals surface area (Å²) in [4.78, 5) is 17.6. The highest BCUT2D eigenvalue weighted by Crippen LogP contribution is 2.44. The van der Waals surface area contributed by atoms with Gasteiger partial charge in [-0.2, -0.15) is 0 Å². The second-order valence-electron chi connectivity index (χ2n) is 6.99. The molecule has 1 heterocycles. The first kappa shape index (κ1) is 16.7. The molecule has 0 spiro atoms. The van der Waals surface area contributed by atoms with E-state index < -0.39 is 5.41 Å². The first-order chi connectivity index (χ1) is 11.6. The minimum Gasteiger partial charge on any atom is -0.348 e. The number of hydrogen-bond acceptors (Lipinski definition) is 2. The highest BCUT2D eigenvalue weighted by atomic mass is 16.2. The fourth-order valence-corrected chi connectivity index (χ4v) is 4.10. The van der Waals surface area contributed by atoms with Crippen LogP contribution in [0.3, 0.4) is 0 Å². The topological polar surface area (TPSA) is 23.6 Å². The second-order valence-corrected chi connectivity index (χ2v) is 6.99. The van der Waals surface area contributed by atoms with Crippen molar-refractivity contribution in [2.45, 2.75) is 11.8 Å². The largest absolute Gasteiger partial charge is 0.348 e. The fourth-order valence-electron chi connectivity index (χ4n) is 4.10. The first-order valence-electron chi connectivity index (χ1n) is 8.58. The highest BCUT2D eigenvalue weighted by Gasteiger charge is 2.50. The third-order valence-corrected chi connectivity index (χ3v) is 5.21. The van der Waals surface area contributed by atoms with Crippen LogP contribution in [0.2, 0.25) is 0 Å². The van der Waals surface area contributed by atoms with Gasteiger partial charge in [-0.25, -0.2) is 0 Å². The van der Waals surface area contributed by atoms with Gasteiger partial charge in [-0.1, -0.05) is 60.7 Å². The molecule has 3 rings (SSSR count). The highest BCUT2D eigenvalue weighted by molar-refractivity contribution is 5.92. The number of rotatable bonds is 4. The lowest BCUT2D eigenvalue weighted by molar-refractivity contribution is -0.135. The van der Waals surface area contributed by atoms with E-state index in [1.54, 1.807) is 4.90 Å². The lowest BCUT2D eigenvalue weighted by Gasteiger charge is -2.40. The molecule has 2 aromatic rings. The minimum absolute atomic E-state index is 0.167. The minimum atomic E-state index is -0.628. The maximum absolute atomic E-state index is 13.6. The van der Waals surface area contributed by atoms with Crippen LogP contribution < -0.4 is 0 Å². The molecule has 1 aliphatic rings. The number of nitrogens with zero attached hydrogens (tertiary/aromatic N) is 2. The van der Waals surface area contributed by atoms with Crippen LogP contribution in [0.5, 0.6) is 0 Å². The molecule has 1 aliphatic heterocycles. The van der Waals surface area contributed by atoms with Gasteiger partial charge in [0, 0.05) is 20.6 Å². The zero-order valence-electron chi connectivity index (χ0n) is 14.8. The zero-order valence-corrected chi connectivity index (χ0v) is 14.8. The Hall–Kier alpha value is -2.13. The maximum atomic E-state index is 13.6. The molecule has 1 unspecified atom stereocenters. The number of amides is 1. The summed E-state index contributed by atoms with van der Waals surface area (Å²) in [5.74, 6) is 0.433. The SMILES string of the molecule is CN1CCC(C(C(=O)N(C)C)(c2ccccc2)c2ccccc2)C1. The molecule has 1 atom stereocenters. The molecule has 0 radical (unpaired) electrons. The summed E-state index contributed by atoms with van der Waals surface area (Å²) in [6, 6.07) is 20.6. The summed E-state index contributed by atoms with van der Waals surface area (Å²) >= 11 is 0. The van der Waals surface area contributed by atoms with Crippen LogP contribution in [0.1, 0.15) is 17.5 Å². The van der Waals surface area contributed by atoms with Crippen molar-refractivity contribution in [3.8, 4) is 0 Å². The molecule has 24 heavy (non-hydrogen) atoms. The van der Waals surface area contributed by atoms with Crippen molar-refractivity contribution in [3.63, 3.8) is 0 Å². The monoisotopic (exact) mass is 322 g/mol. The van der Waals surface area contributed by atoms with Gasteiger partial charge in [-0.05, 0) is 37.1 Å². The van der Waals surface area contributed by atoms with Gasteiger partial charge in [-0.3, -0.25) is 4.79 Å². The normalized spacial score (nSPS) is 18.5. The van der Waals surface area contributed by atoms with Crippen molar-refractivity contribution < 1.29 is 4.79 Å². The van der Waals surface area contributed by atoms with Gasteiger partial charge in [0.15, 0.2) is 0 Å². The quantitative estimate of drug-likeness (QED) is 0.864. The smallest absolute Gasteiger partial charge is 0.237 e. The number of likely N-dealkylation sites (N-methyl/N-ethyl adjacent to an activating group) is 1. The summed E-state index contributed by atoms with van der Waals surface area (Å²) < 4.78 is 0. The standard InChI is InChI=1S/C21H26N2O/c1-22(2)20(24)21(17-10-6-4-7-11-17,18-12-8-5-9-13-18)19-14-15-23(3)16-19/h4-13,19H,14-16H2,1-3H3. The molecule has 1 saturated heterocycles. The summed E-state index contributed by atoms with van der Waals surface area (Å²) in [5, 5.41) is 0. The maximum Gasteiger partial charge on any atom is 0.237 e. The van der Waals surface area contributed by atoms with Crippen LogP contribution in [-0.2, 0) is 10.2 Å². The van der Waals surface area contributed by atoms with Crippen LogP contribution in [-0.4, -0.2) is 49.9 Å². The molecule has 0 saturated carbocycles. The van der Waals surface area contributed by atoms with E-state index in [0.29, 0.717) is 0 Å². The number of hydrogen-bond donors (Lipinski definition) is 0. The van der Waals surface area contributed by atoms with Crippen molar-refractivity contribution in [2.75, 3.05) is 34.2 Å². The lowest BCUT2D eigenvalue weighted by atomic mass is 9.64. The summed E-state index contributed by atoms with van der Waals surface area (Å²) in [6.07, 6.45) is 1.03. The van der Waals surface area contributed by atoms with E-state index in [4.69, 9.17) is 0 Å². The van der Waals surface area contributed by atoms with Gasteiger partial charge in [-0.15, -0.1) is 0 Å². The summed E-state index contributed by atoms with van der Waals surface area (Å²) in [6.45, 7) is 1.97. The lowest BCUT2D eigenvalue weighted by Crippen LogP contribution is -2.50. The third-order valence-electron chi connectivity index (χ3n) is 5.21. The number of benzene rings is 2.